The number of rotatable bonds is 7. The Bertz CT molecular complexity index is 1430. The Labute approximate surface area is 199 Å². The second kappa shape index (κ2) is 9.32. The number of aromatic nitrogens is 1. The van der Waals surface area contributed by atoms with E-state index in [2.05, 4.69) is 22.8 Å². The van der Waals surface area contributed by atoms with Crippen molar-refractivity contribution in [3.63, 3.8) is 0 Å². The van der Waals surface area contributed by atoms with E-state index in [4.69, 9.17) is 5.73 Å². The Hall–Kier alpha value is -3.62. The highest BCUT2D eigenvalue weighted by Gasteiger charge is 2.21. The molecule has 7 nitrogen and oxygen atoms in total. The third-order valence-corrected chi connectivity index (χ3v) is 7.49. The lowest BCUT2D eigenvalue weighted by Gasteiger charge is -2.26. The van der Waals surface area contributed by atoms with Gasteiger partial charge in [-0.3, -0.25) is 13.8 Å². The molecule has 1 aliphatic rings. The van der Waals surface area contributed by atoms with Crippen LogP contribution in [0.25, 0.3) is 27.6 Å². The molecule has 2 amide bonds. The van der Waals surface area contributed by atoms with Crippen molar-refractivity contribution in [3.05, 3.63) is 78.0 Å². The third-order valence-electron chi connectivity index (χ3n) is 6.07. The molecule has 8 heteroatoms. The zero-order valence-electron chi connectivity index (χ0n) is 19.1. The predicted molar refractivity (Wildman–Crippen MR) is 140 cm³/mol. The number of nitrogens with zero attached hydrogens (tertiary/aromatic N) is 1. The summed E-state index contributed by atoms with van der Waals surface area (Å²) in [6.45, 7) is 5.03. The highest BCUT2D eigenvalue weighted by atomic mass is 32.2. The first kappa shape index (κ1) is 23.5. The standard InChI is InChI=1S/C26H28N4O3S/c1-4-24(31)28-16-18-7-5-6-8-19(18)20-9-10-21(26(27)32)25-22(20)15-23(29-25)17-11-13-30(14-12-17)34(2,3)33/h4-11,15,29H,1-2,12-14,16H2,3H3,(H2,27,32)(H,28,31). The fraction of sp³-hybridized carbons (Fsp3) is 0.192. The van der Waals surface area contributed by atoms with Crippen molar-refractivity contribution in [2.45, 2.75) is 13.0 Å². The van der Waals surface area contributed by atoms with Crippen LogP contribution in [0.2, 0.25) is 0 Å². The number of H-pyrrole nitrogens is 1. The maximum Gasteiger partial charge on any atom is 0.250 e. The average Bonchev–Trinajstić information content (AvgIpc) is 3.27. The highest BCUT2D eigenvalue weighted by Crippen LogP contribution is 2.36. The summed E-state index contributed by atoms with van der Waals surface area (Å²) in [5.74, 6) is 3.02. The van der Waals surface area contributed by atoms with E-state index in [1.54, 1.807) is 12.3 Å². The summed E-state index contributed by atoms with van der Waals surface area (Å²) in [6, 6.07) is 13.5. The molecule has 1 aliphatic heterocycles. The van der Waals surface area contributed by atoms with E-state index in [-0.39, 0.29) is 5.91 Å². The molecular weight excluding hydrogens is 448 g/mol. The van der Waals surface area contributed by atoms with Gasteiger partial charge in [0.15, 0.2) is 0 Å². The molecule has 0 aliphatic carbocycles. The second-order valence-corrected chi connectivity index (χ2v) is 10.8. The summed E-state index contributed by atoms with van der Waals surface area (Å²) in [5.41, 5.74) is 11.6. The number of amides is 2. The summed E-state index contributed by atoms with van der Waals surface area (Å²) >= 11 is 0. The van der Waals surface area contributed by atoms with Gasteiger partial charge in [0, 0.05) is 46.7 Å². The monoisotopic (exact) mass is 476 g/mol. The number of aromatic amines is 1. The molecule has 3 aromatic rings. The summed E-state index contributed by atoms with van der Waals surface area (Å²) in [6.07, 6.45) is 5.64. The molecular formula is C26H28N4O3S. The summed E-state index contributed by atoms with van der Waals surface area (Å²) < 4.78 is 14.2. The maximum atomic E-state index is 12.3. The van der Waals surface area contributed by atoms with Crippen molar-refractivity contribution >= 4 is 43.9 Å². The molecule has 0 radical (unpaired) electrons. The van der Waals surface area contributed by atoms with Crippen LogP contribution in [-0.2, 0) is 21.0 Å². The number of benzene rings is 2. The van der Waals surface area contributed by atoms with E-state index in [1.807, 2.05) is 46.8 Å². The molecule has 2 heterocycles. The zero-order chi connectivity index (χ0) is 24.5. The minimum absolute atomic E-state index is 0.246. The summed E-state index contributed by atoms with van der Waals surface area (Å²) in [5, 5.41) is 3.70. The van der Waals surface area contributed by atoms with E-state index in [9.17, 15) is 13.8 Å². The molecule has 1 unspecified atom stereocenters. The van der Waals surface area contributed by atoms with Gasteiger partial charge in [-0.05, 0) is 52.8 Å². The van der Waals surface area contributed by atoms with Crippen molar-refractivity contribution in [1.82, 2.24) is 14.6 Å². The first-order chi connectivity index (χ1) is 16.2. The average molecular weight is 477 g/mol. The molecule has 2 aromatic carbocycles. The molecule has 34 heavy (non-hydrogen) atoms. The van der Waals surface area contributed by atoms with E-state index in [0.29, 0.717) is 37.1 Å². The van der Waals surface area contributed by atoms with Crippen LogP contribution in [0.4, 0.5) is 0 Å². The number of carbonyl (C=O) groups is 2. The summed E-state index contributed by atoms with van der Waals surface area (Å²) in [7, 11) is -2.25. The van der Waals surface area contributed by atoms with Gasteiger partial charge >= 0.3 is 0 Å². The van der Waals surface area contributed by atoms with Crippen LogP contribution in [0, 0.1) is 0 Å². The topological polar surface area (TPSA) is 108 Å². The number of nitrogens with one attached hydrogen (secondary N) is 2. The van der Waals surface area contributed by atoms with Gasteiger partial charge < -0.3 is 16.0 Å². The first-order valence-electron chi connectivity index (χ1n) is 10.9. The number of hydrogen-bond acceptors (Lipinski definition) is 3. The Balaban J connectivity index is 1.81. The molecule has 176 valence electrons. The van der Waals surface area contributed by atoms with Gasteiger partial charge in [0.25, 0.3) is 5.91 Å². The molecule has 1 aromatic heterocycles. The highest BCUT2D eigenvalue weighted by molar-refractivity contribution is 7.97. The lowest BCUT2D eigenvalue weighted by Crippen LogP contribution is -2.33. The predicted octanol–water partition coefficient (Wildman–Crippen LogP) is 3.09. The maximum absolute atomic E-state index is 12.3. The van der Waals surface area contributed by atoms with Crippen LogP contribution in [0.5, 0.6) is 0 Å². The Morgan fingerprint density at radius 2 is 2.00 bits per heavy atom. The van der Waals surface area contributed by atoms with Crippen molar-refractivity contribution < 1.29 is 13.8 Å². The van der Waals surface area contributed by atoms with Crippen LogP contribution in [0.3, 0.4) is 0 Å². The third kappa shape index (κ3) is 4.69. The van der Waals surface area contributed by atoms with Crippen molar-refractivity contribution in [1.29, 1.82) is 0 Å². The Kier molecular flexibility index (Phi) is 6.45. The molecule has 0 saturated heterocycles. The van der Waals surface area contributed by atoms with Crippen LogP contribution in [0.1, 0.15) is 28.0 Å². The fourth-order valence-electron chi connectivity index (χ4n) is 4.27. The molecule has 4 N–H and O–H groups in total. The Morgan fingerprint density at radius 3 is 2.65 bits per heavy atom. The minimum Gasteiger partial charge on any atom is -0.366 e. The van der Waals surface area contributed by atoms with Crippen molar-refractivity contribution in [2.75, 3.05) is 19.3 Å². The van der Waals surface area contributed by atoms with Gasteiger partial charge in [-0.1, -0.05) is 43.0 Å². The van der Waals surface area contributed by atoms with Gasteiger partial charge in [-0.15, -0.1) is 0 Å². The number of nitrogens with two attached hydrogens (primary N) is 1. The van der Waals surface area contributed by atoms with Gasteiger partial charge in [0.2, 0.25) is 5.91 Å². The first-order valence-corrected chi connectivity index (χ1v) is 13.0. The SMILES string of the molecule is C=CC(=O)NCc1ccccc1-c1ccc(C(N)=O)c2[nH]c(C3=CCN(S(=C)(C)=O)CC3)cc12. The van der Waals surface area contributed by atoms with Crippen LogP contribution in [-0.4, -0.2) is 50.5 Å². The van der Waals surface area contributed by atoms with Crippen molar-refractivity contribution in [2.24, 2.45) is 5.73 Å². The quantitative estimate of drug-likeness (QED) is 0.360. The van der Waals surface area contributed by atoms with E-state index in [0.717, 1.165) is 33.3 Å². The lowest BCUT2D eigenvalue weighted by atomic mass is 9.94. The lowest BCUT2D eigenvalue weighted by molar-refractivity contribution is -0.116. The molecule has 1 atom stereocenters. The normalized spacial score (nSPS) is 16.0. The molecule has 4 rings (SSSR count). The van der Waals surface area contributed by atoms with Crippen LogP contribution in [0.15, 0.2) is 61.2 Å². The number of fused-ring (bicyclic) bond motifs is 1. The van der Waals surface area contributed by atoms with E-state index >= 15 is 0 Å². The molecule has 0 spiro atoms. The van der Waals surface area contributed by atoms with Gasteiger partial charge in [-0.2, -0.15) is 0 Å². The number of primary amides is 1. The van der Waals surface area contributed by atoms with Crippen LogP contribution < -0.4 is 11.1 Å². The van der Waals surface area contributed by atoms with E-state index in [1.165, 1.54) is 6.08 Å². The van der Waals surface area contributed by atoms with Crippen LogP contribution >= 0.6 is 0 Å². The Morgan fingerprint density at radius 1 is 1.24 bits per heavy atom. The summed E-state index contributed by atoms with van der Waals surface area (Å²) in [4.78, 5) is 27.3. The van der Waals surface area contributed by atoms with Gasteiger partial charge in [0.1, 0.15) is 0 Å². The van der Waals surface area contributed by atoms with Crippen molar-refractivity contribution in [3.8, 4) is 11.1 Å². The largest absolute Gasteiger partial charge is 0.366 e. The van der Waals surface area contributed by atoms with E-state index < -0.39 is 15.6 Å². The number of carbonyl (C=O) groups excluding carboxylic acids is 2. The second-order valence-electron chi connectivity index (χ2n) is 8.40. The fourth-order valence-corrected chi connectivity index (χ4v) is 5.14. The minimum atomic E-state index is -2.25. The zero-order valence-corrected chi connectivity index (χ0v) is 19.9. The van der Waals surface area contributed by atoms with Gasteiger partial charge in [-0.25, -0.2) is 4.31 Å². The molecule has 0 fully saturated rings. The molecule has 0 saturated carbocycles. The molecule has 0 bridgehead atoms. The van der Waals surface area contributed by atoms with Gasteiger partial charge in [0.05, 0.1) is 11.1 Å². The number of hydrogen-bond donors (Lipinski definition) is 3. The smallest absolute Gasteiger partial charge is 0.250 e.